The van der Waals surface area contributed by atoms with E-state index in [4.69, 9.17) is 0 Å². The summed E-state index contributed by atoms with van der Waals surface area (Å²) >= 11 is 0. The van der Waals surface area contributed by atoms with Crippen LogP contribution in [0.25, 0.3) is 11.0 Å². The largest absolute Gasteiger partial charge is 0.353 e. The van der Waals surface area contributed by atoms with Gasteiger partial charge < -0.3 is 10.2 Å². The number of hydrogen-bond donors (Lipinski definition) is 2. The number of fused-ring (bicyclic) bond motifs is 1. The van der Waals surface area contributed by atoms with Gasteiger partial charge in [0.1, 0.15) is 12.1 Å². The van der Waals surface area contributed by atoms with Crippen LogP contribution < -0.4 is 10.2 Å². The predicted molar refractivity (Wildman–Crippen MR) is 68.7 cm³/mol. The van der Waals surface area contributed by atoms with Crippen LogP contribution in [0.15, 0.2) is 6.33 Å². The fourth-order valence-electron chi connectivity index (χ4n) is 2.65. The highest BCUT2D eigenvalue weighted by molar-refractivity contribution is 5.90. The first-order valence-corrected chi connectivity index (χ1v) is 6.58. The molecule has 6 heteroatoms. The van der Waals surface area contributed by atoms with E-state index in [0.717, 1.165) is 43.0 Å². The maximum Gasteiger partial charge on any atom is 0.186 e. The molecule has 6 nitrogen and oxygen atoms in total. The van der Waals surface area contributed by atoms with Crippen molar-refractivity contribution in [2.75, 3.05) is 31.1 Å². The first-order chi connectivity index (χ1) is 8.93. The molecule has 2 aromatic rings. The summed E-state index contributed by atoms with van der Waals surface area (Å²) in [6.07, 6.45) is 4.14. The van der Waals surface area contributed by atoms with Crippen molar-refractivity contribution < 1.29 is 0 Å². The van der Waals surface area contributed by atoms with Gasteiger partial charge in [-0.2, -0.15) is 5.10 Å². The summed E-state index contributed by atoms with van der Waals surface area (Å²) in [4.78, 5) is 11.1. The summed E-state index contributed by atoms with van der Waals surface area (Å²) in [6.45, 7) is 4.03. The van der Waals surface area contributed by atoms with Crippen LogP contribution in [0, 0.1) is 0 Å². The highest BCUT2D eigenvalue weighted by Gasteiger charge is 2.30. The summed E-state index contributed by atoms with van der Waals surface area (Å²) < 4.78 is 0. The molecule has 2 fully saturated rings. The van der Waals surface area contributed by atoms with Gasteiger partial charge in [0.05, 0.1) is 11.1 Å². The molecule has 0 unspecified atom stereocenters. The van der Waals surface area contributed by atoms with Crippen LogP contribution in [-0.2, 0) is 0 Å². The molecule has 4 rings (SSSR count). The quantitative estimate of drug-likeness (QED) is 0.811. The number of aromatic nitrogens is 4. The maximum atomic E-state index is 4.50. The fourth-order valence-corrected chi connectivity index (χ4v) is 2.65. The molecule has 2 aliphatic rings. The molecular formula is C12H16N6. The molecule has 0 spiro atoms. The van der Waals surface area contributed by atoms with Crippen LogP contribution in [0.5, 0.6) is 0 Å². The molecule has 1 aliphatic carbocycles. The predicted octanol–water partition coefficient (Wildman–Crippen LogP) is 0.640. The van der Waals surface area contributed by atoms with E-state index in [9.17, 15) is 0 Å². The molecule has 0 bridgehead atoms. The minimum atomic E-state index is 0.641. The van der Waals surface area contributed by atoms with E-state index in [0.29, 0.717) is 5.92 Å². The standard InChI is InChI=1S/C12H16N6/c1-2-8(1)10-9-11(17-16-10)14-7-15-12(9)18-5-3-13-4-6-18/h7-8,13H,1-6H2,(H,14,15,16,17). The molecule has 3 heterocycles. The SMILES string of the molecule is c1nc(N2CCNCC2)c2c(C3CC3)[nH]nc2n1. The Hall–Kier alpha value is -1.69. The smallest absolute Gasteiger partial charge is 0.186 e. The van der Waals surface area contributed by atoms with Crippen molar-refractivity contribution in [3.05, 3.63) is 12.0 Å². The number of aromatic amines is 1. The Kier molecular flexibility index (Phi) is 2.23. The third-order valence-electron chi connectivity index (χ3n) is 3.76. The van der Waals surface area contributed by atoms with Crippen molar-refractivity contribution in [3.63, 3.8) is 0 Å². The average molecular weight is 244 g/mol. The lowest BCUT2D eigenvalue weighted by Gasteiger charge is -2.28. The van der Waals surface area contributed by atoms with Crippen molar-refractivity contribution in [3.8, 4) is 0 Å². The highest BCUT2D eigenvalue weighted by atomic mass is 15.3. The zero-order valence-electron chi connectivity index (χ0n) is 10.2. The summed E-state index contributed by atoms with van der Waals surface area (Å²) in [5.41, 5.74) is 2.04. The van der Waals surface area contributed by atoms with Crippen LogP contribution in [0.1, 0.15) is 24.5 Å². The second kappa shape index (κ2) is 3.91. The Morgan fingerprint density at radius 1 is 1.17 bits per heavy atom. The summed E-state index contributed by atoms with van der Waals surface area (Å²) in [6, 6.07) is 0. The number of piperazine rings is 1. The van der Waals surface area contributed by atoms with Gasteiger partial charge in [0.15, 0.2) is 5.65 Å². The van der Waals surface area contributed by atoms with Crippen molar-refractivity contribution in [1.29, 1.82) is 0 Å². The highest BCUT2D eigenvalue weighted by Crippen LogP contribution is 2.43. The van der Waals surface area contributed by atoms with Gasteiger partial charge in [-0.3, -0.25) is 5.10 Å². The lowest BCUT2D eigenvalue weighted by Crippen LogP contribution is -2.44. The zero-order chi connectivity index (χ0) is 11.9. The van der Waals surface area contributed by atoms with Crippen molar-refractivity contribution in [2.45, 2.75) is 18.8 Å². The number of rotatable bonds is 2. The van der Waals surface area contributed by atoms with Gasteiger partial charge in [0.25, 0.3) is 0 Å². The van der Waals surface area contributed by atoms with E-state index in [1.165, 1.54) is 18.5 Å². The molecule has 2 aromatic heterocycles. The molecule has 0 aromatic carbocycles. The van der Waals surface area contributed by atoms with Gasteiger partial charge in [-0.15, -0.1) is 0 Å². The number of H-pyrrole nitrogens is 1. The number of anilines is 1. The molecule has 2 N–H and O–H groups in total. The van der Waals surface area contributed by atoms with Crippen molar-refractivity contribution in [1.82, 2.24) is 25.5 Å². The van der Waals surface area contributed by atoms with E-state index in [1.807, 2.05) is 0 Å². The number of nitrogens with zero attached hydrogens (tertiary/aromatic N) is 4. The topological polar surface area (TPSA) is 69.7 Å². The van der Waals surface area contributed by atoms with Crippen LogP contribution in [-0.4, -0.2) is 46.3 Å². The van der Waals surface area contributed by atoms with Crippen LogP contribution in [0.4, 0.5) is 5.82 Å². The molecule has 94 valence electrons. The Balaban J connectivity index is 1.84. The lowest BCUT2D eigenvalue weighted by molar-refractivity contribution is 0.586. The Bertz CT molecular complexity index is 567. The van der Waals surface area contributed by atoms with E-state index in [1.54, 1.807) is 6.33 Å². The van der Waals surface area contributed by atoms with Gasteiger partial charge in [0.2, 0.25) is 0 Å². The fraction of sp³-hybridized carbons (Fsp3) is 0.583. The molecule has 0 amide bonds. The van der Waals surface area contributed by atoms with Crippen LogP contribution in [0.3, 0.4) is 0 Å². The van der Waals surface area contributed by atoms with Gasteiger partial charge >= 0.3 is 0 Å². The molecule has 1 aliphatic heterocycles. The second-order valence-electron chi connectivity index (χ2n) is 5.04. The average Bonchev–Trinajstić information content (AvgIpc) is 3.19. The Labute approximate surface area is 105 Å². The number of hydrogen-bond acceptors (Lipinski definition) is 5. The first kappa shape index (κ1) is 10.3. The molecule has 18 heavy (non-hydrogen) atoms. The Morgan fingerprint density at radius 3 is 2.78 bits per heavy atom. The van der Waals surface area contributed by atoms with E-state index >= 15 is 0 Å². The first-order valence-electron chi connectivity index (χ1n) is 6.58. The maximum absolute atomic E-state index is 4.50. The minimum absolute atomic E-state index is 0.641. The van der Waals surface area contributed by atoms with Crippen molar-refractivity contribution in [2.24, 2.45) is 0 Å². The van der Waals surface area contributed by atoms with E-state index in [2.05, 4.69) is 30.4 Å². The second-order valence-corrected chi connectivity index (χ2v) is 5.04. The monoisotopic (exact) mass is 244 g/mol. The van der Waals surface area contributed by atoms with Gasteiger partial charge in [-0.05, 0) is 12.8 Å². The number of nitrogens with one attached hydrogen (secondary N) is 2. The summed E-state index contributed by atoms with van der Waals surface area (Å²) in [5, 5.41) is 12.0. The van der Waals surface area contributed by atoms with Crippen LogP contribution >= 0.6 is 0 Å². The minimum Gasteiger partial charge on any atom is -0.353 e. The van der Waals surface area contributed by atoms with E-state index in [-0.39, 0.29) is 0 Å². The summed E-state index contributed by atoms with van der Waals surface area (Å²) in [5.74, 6) is 1.69. The van der Waals surface area contributed by atoms with Crippen molar-refractivity contribution >= 4 is 16.9 Å². The third-order valence-corrected chi connectivity index (χ3v) is 3.76. The molecule has 1 saturated heterocycles. The molecule has 0 atom stereocenters. The van der Waals surface area contributed by atoms with E-state index < -0.39 is 0 Å². The lowest BCUT2D eigenvalue weighted by atomic mass is 10.2. The van der Waals surface area contributed by atoms with Crippen LogP contribution in [0.2, 0.25) is 0 Å². The van der Waals surface area contributed by atoms with Gasteiger partial charge in [-0.25, -0.2) is 9.97 Å². The summed E-state index contributed by atoms with van der Waals surface area (Å²) in [7, 11) is 0. The Morgan fingerprint density at radius 2 is 2.00 bits per heavy atom. The van der Waals surface area contributed by atoms with Gasteiger partial charge in [0, 0.05) is 32.1 Å². The molecular weight excluding hydrogens is 228 g/mol. The molecule has 0 radical (unpaired) electrons. The van der Waals surface area contributed by atoms with Gasteiger partial charge in [-0.1, -0.05) is 0 Å². The normalized spacial score (nSPS) is 20.6. The third kappa shape index (κ3) is 1.56. The zero-order valence-corrected chi connectivity index (χ0v) is 10.2. The molecule has 1 saturated carbocycles.